The summed E-state index contributed by atoms with van der Waals surface area (Å²) in [4.78, 5) is 26.6. The number of ketones is 1. The second-order valence-corrected chi connectivity index (χ2v) is 8.77. The third-order valence-electron chi connectivity index (χ3n) is 6.03. The normalized spacial score (nSPS) is 15.2. The zero-order valence-electron chi connectivity index (χ0n) is 18.6. The highest BCUT2D eigenvalue weighted by molar-refractivity contribution is 5.96. The van der Waals surface area contributed by atoms with Crippen LogP contribution >= 0.6 is 0 Å². The van der Waals surface area contributed by atoms with Gasteiger partial charge in [-0.2, -0.15) is 0 Å². The van der Waals surface area contributed by atoms with Crippen molar-refractivity contribution in [2.24, 2.45) is 5.92 Å². The SMILES string of the molecule is CC(C)C(=O)Nc1cccc(C2CCN(CCCCC(=O)c3ccc(F)cc3)CC2)c1. The van der Waals surface area contributed by atoms with Crippen molar-refractivity contribution in [3.05, 3.63) is 65.5 Å². The van der Waals surface area contributed by atoms with Crippen molar-refractivity contribution in [1.29, 1.82) is 0 Å². The molecular formula is C26H33FN2O2. The summed E-state index contributed by atoms with van der Waals surface area (Å²) < 4.78 is 13.0. The van der Waals surface area contributed by atoms with Crippen LogP contribution in [0, 0.1) is 11.7 Å². The van der Waals surface area contributed by atoms with Crippen molar-refractivity contribution in [3.8, 4) is 0 Å². The van der Waals surface area contributed by atoms with E-state index in [1.54, 1.807) is 12.1 Å². The maximum Gasteiger partial charge on any atom is 0.226 e. The molecule has 1 saturated heterocycles. The molecular weight excluding hydrogens is 391 g/mol. The number of Topliss-reactive ketones (excluding diaryl/α,β-unsaturated/α-hetero) is 1. The predicted molar refractivity (Wildman–Crippen MR) is 123 cm³/mol. The van der Waals surface area contributed by atoms with Crippen LogP contribution in [0.1, 0.15) is 67.8 Å². The van der Waals surface area contributed by atoms with Gasteiger partial charge in [-0.25, -0.2) is 4.39 Å². The molecule has 0 bridgehead atoms. The molecule has 0 saturated carbocycles. The summed E-state index contributed by atoms with van der Waals surface area (Å²) in [5, 5.41) is 2.99. The van der Waals surface area contributed by atoms with Crippen LogP contribution < -0.4 is 5.32 Å². The van der Waals surface area contributed by atoms with Crippen molar-refractivity contribution in [2.45, 2.75) is 51.9 Å². The lowest BCUT2D eigenvalue weighted by atomic mass is 9.89. The molecule has 2 aromatic carbocycles. The fourth-order valence-electron chi connectivity index (χ4n) is 4.05. The molecule has 0 unspecified atom stereocenters. The molecule has 0 aliphatic carbocycles. The van der Waals surface area contributed by atoms with E-state index < -0.39 is 0 Å². The number of likely N-dealkylation sites (tertiary alicyclic amines) is 1. The number of hydrogen-bond acceptors (Lipinski definition) is 3. The average molecular weight is 425 g/mol. The highest BCUT2D eigenvalue weighted by Gasteiger charge is 2.21. The van der Waals surface area contributed by atoms with E-state index in [1.165, 1.54) is 17.7 Å². The predicted octanol–water partition coefficient (Wildman–Crippen LogP) is 5.65. The minimum atomic E-state index is -0.313. The molecule has 1 aliphatic rings. The van der Waals surface area contributed by atoms with E-state index in [4.69, 9.17) is 0 Å². The fraction of sp³-hybridized carbons (Fsp3) is 0.462. The number of nitrogens with one attached hydrogen (secondary N) is 1. The van der Waals surface area contributed by atoms with Gasteiger partial charge in [0.25, 0.3) is 0 Å². The smallest absolute Gasteiger partial charge is 0.226 e. The van der Waals surface area contributed by atoms with E-state index in [0.717, 1.165) is 51.0 Å². The van der Waals surface area contributed by atoms with Gasteiger partial charge in [-0.05, 0) is 93.2 Å². The number of carbonyl (C=O) groups is 2. The number of hydrogen-bond donors (Lipinski definition) is 1. The van der Waals surface area contributed by atoms with Crippen LogP contribution in [0.5, 0.6) is 0 Å². The number of halogens is 1. The van der Waals surface area contributed by atoms with Gasteiger partial charge in [0.15, 0.2) is 5.78 Å². The molecule has 0 spiro atoms. The molecule has 4 nitrogen and oxygen atoms in total. The number of unbranched alkanes of at least 4 members (excludes halogenated alkanes) is 1. The lowest BCUT2D eigenvalue weighted by Crippen LogP contribution is -2.33. The molecule has 1 amide bonds. The van der Waals surface area contributed by atoms with E-state index in [-0.39, 0.29) is 23.4 Å². The highest BCUT2D eigenvalue weighted by Crippen LogP contribution is 2.29. The molecule has 1 aliphatic heterocycles. The minimum Gasteiger partial charge on any atom is -0.326 e. The largest absolute Gasteiger partial charge is 0.326 e. The Morgan fingerprint density at radius 2 is 1.77 bits per heavy atom. The van der Waals surface area contributed by atoms with Crippen LogP contribution in [0.25, 0.3) is 0 Å². The summed E-state index contributed by atoms with van der Waals surface area (Å²) in [6.07, 6.45) is 4.57. The Morgan fingerprint density at radius 1 is 1.06 bits per heavy atom. The number of rotatable bonds is 9. The van der Waals surface area contributed by atoms with Crippen LogP contribution in [0.3, 0.4) is 0 Å². The molecule has 0 atom stereocenters. The fourth-order valence-corrected chi connectivity index (χ4v) is 4.05. The molecule has 0 aromatic heterocycles. The number of nitrogens with zero attached hydrogens (tertiary/aromatic N) is 1. The van der Waals surface area contributed by atoms with Gasteiger partial charge in [-0.1, -0.05) is 26.0 Å². The minimum absolute atomic E-state index is 0.0297. The maximum atomic E-state index is 13.0. The molecule has 5 heteroatoms. The van der Waals surface area contributed by atoms with Gasteiger partial charge in [-0.3, -0.25) is 9.59 Å². The van der Waals surface area contributed by atoms with Gasteiger partial charge < -0.3 is 10.2 Å². The average Bonchev–Trinajstić information content (AvgIpc) is 2.77. The second-order valence-electron chi connectivity index (χ2n) is 8.77. The number of amides is 1. The van der Waals surface area contributed by atoms with Gasteiger partial charge in [0, 0.05) is 23.6 Å². The topological polar surface area (TPSA) is 49.4 Å². The van der Waals surface area contributed by atoms with Crippen molar-refractivity contribution in [2.75, 3.05) is 25.0 Å². The Morgan fingerprint density at radius 3 is 2.45 bits per heavy atom. The van der Waals surface area contributed by atoms with Gasteiger partial charge >= 0.3 is 0 Å². The monoisotopic (exact) mass is 424 g/mol. The van der Waals surface area contributed by atoms with E-state index in [1.807, 2.05) is 26.0 Å². The first-order valence-corrected chi connectivity index (χ1v) is 11.3. The molecule has 166 valence electrons. The van der Waals surface area contributed by atoms with Crippen LogP contribution in [0.2, 0.25) is 0 Å². The van der Waals surface area contributed by atoms with E-state index in [9.17, 15) is 14.0 Å². The molecule has 1 fully saturated rings. The van der Waals surface area contributed by atoms with Crippen molar-refractivity contribution >= 4 is 17.4 Å². The Labute approximate surface area is 184 Å². The Hall–Kier alpha value is -2.53. The Bertz CT molecular complexity index is 871. The second kappa shape index (κ2) is 11.2. The van der Waals surface area contributed by atoms with Crippen LogP contribution in [0.15, 0.2) is 48.5 Å². The summed E-state index contributed by atoms with van der Waals surface area (Å²) >= 11 is 0. The zero-order chi connectivity index (χ0) is 22.2. The van der Waals surface area contributed by atoms with Crippen LogP contribution in [-0.2, 0) is 4.79 Å². The third kappa shape index (κ3) is 7.00. The highest BCUT2D eigenvalue weighted by atomic mass is 19.1. The van der Waals surface area contributed by atoms with Crippen molar-refractivity contribution in [3.63, 3.8) is 0 Å². The summed E-state index contributed by atoms with van der Waals surface area (Å²) in [5.74, 6) is 0.310. The summed E-state index contributed by atoms with van der Waals surface area (Å²) in [6, 6.07) is 14.0. The lowest BCUT2D eigenvalue weighted by molar-refractivity contribution is -0.118. The summed E-state index contributed by atoms with van der Waals surface area (Å²) in [6.45, 7) is 6.91. The lowest BCUT2D eigenvalue weighted by Gasteiger charge is -2.32. The van der Waals surface area contributed by atoms with Gasteiger partial charge in [0.1, 0.15) is 5.82 Å². The Kier molecular flexibility index (Phi) is 8.35. The third-order valence-corrected chi connectivity index (χ3v) is 6.03. The van der Waals surface area contributed by atoms with E-state index in [0.29, 0.717) is 17.9 Å². The zero-order valence-corrected chi connectivity index (χ0v) is 18.6. The summed E-state index contributed by atoms with van der Waals surface area (Å²) in [7, 11) is 0. The number of piperidine rings is 1. The van der Waals surface area contributed by atoms with E-state index in [2.05, 4.69) is 22.3 Å². The standard InChI is InChI=1S/C26H33FN2O2/c1-19(2)26(31)28-24-7-5-6-22(18-24)20-13-16-29(17-14-20)15-4-3-8-25(30)21-9-11-23(27)12-10-21/h5-7,9-12,18-20H,3-4,8,13-17H2,1-2H3,(H,28,31). The molecule has 2 aromatic rings. The summed E-state index contributed by atoms with van der Waals surface area (Å²) in [5.41, 5.74) is 2.77. The first-order valence-electron chi connectivity index (χ1n) is 11.3. The molecule has 1 heterocycles. The van der Waals surface area contributed by atoms with Crippen LogP contribution in [-0.4, -0.2) is 36.2 Å². The Balaban J connectivity index is 1.38. The number of carbonyl (C=O) groups excluding carboxylic acids is 2. The molecule has 0 radical (unpaired) electrons. The number of anilines is 1. The van der Waals surface area contributed by atoms with Crippen molar-refractivity contribution < 1.29 is 14.0 Å². The first-order chi connectivity index (χ1) is 14.9. The maximum absolute atomic E-state index is 13.0. The molecule has 1 N–H and O–H groups in total. The van der Waals surface area contributed by atoms with Crippen molar-refractivity contribution in [1.82, 2.24) is 4.90 Å². The number of benzene rings is 2. The van der Waals surface area contributed by atoms with Gasteiger partial charge in [0.05, 0.1) is 0 Å². The van der Waals surface area contributed by atoms with E-state index >= 15 is 0 Å². The quantitative estimate of drug-likeness (QED) is 0.418. The van der Waals surface area contributed by atoms with Gasteiger partial charge in [0.2, 0.25) is 5.91 Å². The first kappa shape index (κ1) is 23.1. The van der Waals surface area contributed by atoms with Crippen LogP contribution in [0.4, 0.5) is 10.1 Å². The van der Waals surface area contributed by atoms with Gasteiger partial charge in [-0.15, -0.1) is 0 Å². The molecule has 3 rings (SSSR count). The molecule has 31 heavy (non-hydrogen) atoms.